The first-order chi connectivity index (χ1) is 10.3. The van der Waals surface area contributed by atoms with E-state index in [0.717, 1.165) is 0 Å². The Bertz CT molecular complexity index is 653. The molecular weight excluding hydrogens is 308 g/mol. The topological polar surface area (TPSA) is 63.6 Å². The summed E-state index contributed by atoms with van der Waals surface area (Å²) in [5, 5.41) is 9.07. The van der Waals surface area contributed by atoms with E-state index in [2.05, 4.69) is 0 Å². The highest BCUT2D eigenvalue weighted by atomic mass is 19.2. The summed E-state index contributed by atoms with van der Waals surface area (Å²) in [5.74, 6) is -11.6. The fourth-order valence-corrected chi connectivity index (χ4v) is 1.74. The van der Waals surface area contributed by atoms with Crippen LogP contribution in [0.3, 0.4) is 0 Å². The summed E-state index contributed by atoms with van der Waals surface area (Å²) < 4.78 is 57.8. The van der Waals surface area contributed by atoms with Gasteiger partial charge < -0.3 is 9.84 Å². The van der Waals surface area contributed by atoms with Crippen molar-refractivity contribution in [3.05, 3.63) is 46.2 Å². The van der Waals surface area contributed by atoms with Crippen LogP contribution in [0, 0.1) is 23.3 Å². The van der Waals surface area contributed by atoms with Crippen LogP contribution in [0.25, 0.3) is 0 Å². The van der Waals surface area contributed by atoms with Crippen LogP contribution in [-0.2, 0) is 9.53 Å². The van der Waals surface area contributed by atoms with Gasteiger partial charge in [-0.05, 0) is 13.0 Å². The highest BCUT2D eigenvalue weighted by molar-refractivity contribution is 6.24. The van der Waals surface area contributed by atoms with Crippen LogP contribution < -0.4 is 0 Å². The maximum Gasteiger partial charge on any atom is 0.343 e. The number of Topliss-reactive ketones (excluding diaryl/α,β-unsaturated/α-hetero) is 1. The van der Waals surface area contributed by atoms with Crippen LogP contribution >= 0.6 is 0 Å². The van der Waals surface area contributed by atoms with Crippen LogP contribution in [0.1, 0.15) is 30.6 Å². The van der Waals surface area contributed by atoms with E-state index in [1.807, 2.05) is 0 Å². The summed E-state index contributed by atoms with van der Waals surface area (Å²) in [6, 6.07) is 0.109. The third kappa shape index (κ3) is 3.26. The van der Waals surface area contributed by atoms with Gasteiger partial charge in [0.05, 0.1) is 12.2 Å². The number of carbonyl (C=O) groups excluding carboxylic acids is 1. The zero-order chi connectivity index (χ0) is 17.0. The molecule has 0 saturated carbocycles. The van der Waals surface area contributed by atoms with Crippen molar-refractivity contribution in [3.8, 4) is 0 Å². The van der Waals surface area contributed by atoms with Gasteiger partial charge >= 0.3 is 5.97 Å². The second kappa shape index (κ2) is 7.06. The molecule has 1 aromatic rings. The van der Waals surface area contributed by atoms with E-state index in [1.165, 1.54) is 13.8 Å². The lowest BCUT2D eigenvalue weighted by Crippen LogP contribution is -2.19. The normalized spacial score (nSPS) is 11.9. The summed E-state index contributed by atoms with van der Waals surface area (Å²) in [7, 11) is 0. The van der Waals surface area contributed by atoms with Gasteiger partial charge in [-0.3, -0.25) is 4.79 Å². The molecule has 0 heterocycles. The first kappa shape index (κ1) is 17.7. The Morgan fingerprint density at radius 1 is 1.09 bits per heavy atom. The average molecular weight is 320 g/mol. The SMILES string of the molecule is CCOC(CC)=C(C(=O)O)C(=O)c1cc(F)c(F)c(F)c1F. The molecule has 22 heavy (non-hydrogen) atoms. The summed E-state index contributed by atoms with van der Waals surface area (Å²) >= 11 is 0. The molecule has 1 rings (SSSR count). The maximum absolute atomic E-state index is 13.6. The molecule has 0 bridgehead atoms. The molecule has 4 nitrogen and oxygen atoms in total. The Morgan fingerprint density at radius 3 is 2.14 bits per heavy atom. The largest absolute Gasteiger partial charge is 0.497 e. The van der Waals surface area contributed by atoms with Crippen molar-refractivity contribution in [3.63, 3.8) is 0 Å². The highest BCUT2D eigenvalue weighted by Gasteiger charge is 2.30. The molecule has 0 aliphatic rings. The summed E-state index contributed by atoms with van der Waals surface area (Å²) in [6.45, 7) is 3.03. The van der Waals surface area contributed by atoms with Crippen molar-refractivity contribution in [2.45, 2.75) is 20.3 Å². The van der Waals surface area contributed by atoms with Gasteiger partial charge in [0.2, 0.25) is 5.78 Å². The lowest BCUT2D eigenvalue weighted by Gasteiger charge is -2.11. The number of benzene rings is 1. The number of ketones is 1. The van der Waals surface area contributed by atoms with Gasteiger partial charge in [0, 0.05) is 6.42 Å². The minimum Gasteiger partial charge on any atom is -0.497 e. The quantitative estimate of drug-likeness (QED) is 0.128. The second-order valence-corrected chi connectivity index (χ2v) is 4.07. The molecule has 0 atom stereocenters. The molecule has 8 heteroatoms. The number of ether oxygens (including phenoxy) is 1. The molecule has 0 unspecified atom stereocenters. The lowest BCUT2D eigenvalue weighted by atomic mass is 10.0. The molecule has 0 spiro atoms. The second-order valence-electron chi connectivity index (χ2n) is 4.07. The fraction of sp³-hybridized carbons (Fsp3) is 0.286. The van der Waals surface area contributed by atoms with E-state index in [0.29, 0.717) is 0 Å². The molecule has 0 aromatic heterocycles. The molecule has 1 aromatic carbocycles. The van der Waals surface area contributed by atoms with E-state index >= 15 is 0 Å². The van der Waals surface area contributed by atoms with Gasteiger partial charge in [-0.1, -0.05) is 6.92 Å². The van der Waals surface area contributed by atoms with Gasteiger partial charge in [-0.25, -0.2) is 22.4 Å². The van der Waals surface area contributed by atoms with Gasteiger partial charge in [0.25, 0.3) is 0 Å². The van der Waals surface area contributed by atoms with Gasteiger partial charge in [0.1, 0.15) is 11.3 Å². The standard InChI is InChI=1S/C14H12F4O4/c1-3-8(22-4-2)9(14(20)21)13(19)6-5-7(15)11(17)12(18)10(6)16/h5H,3-4H2,1-2H3,(H,20,21). The number of halogens is 4. The van der Waals surface area contributed by atoms with E-state index in [4.69, 9.17) is 9.84 Å². The molecule has 0 saturated heterocycles. The number of carboxylic acid groups (broad SMARTS) is 1. The van der Waals surface area contributed by atoms with Crippen LogP contribution in [0.15, 0.2) is 17.4 Å². The Balaban J connectivity index is 3.55. The Labute approximate surface area is 123 Å². The number of rotatable bonds is 6. The van der Waals surface area contributed by atoms with Crippen LogP contribution in [0.5, 0.6) is 0 Å². The third-order valence-corrected chi connectivity index (χ3v) is 2.71. The number of hydrogen-bond donors (Lipinski definition) is 1. The summed E-state index contributed by atoms with van der Waals surface area (Å²) in [4.78, 5) is 23.3. The molecule has 0 fully saturated rings. The minimum absolute atomic E-state index is 0.0189. The molecule has 0 radical (unpaired) electrons. The van der Waals surface area contributed by atoms with Gasteiger partial charge in [0.15, 0.2) is 23.3 Å². The Hall–Kier alpha value is -2.38. The monoisotopic (exact) mass is 320 g/mol. The predicted molar refractivity (Wildman–Crippen MR) is 67.2 cm³/mol. The van der Waals surface area contributed by atoms with Crippen LogP contribution in [-0.4, -0.2) is 23.5 Å². The molecular formula is C14H12F4O4. The van der Waals surface area contributed by atoms with E-state index in [1.54, 1.807) is 0 Å². The first-order valence-corrected chi connectivity index (χ1v) is 6.23. The predicted octanol–water partition coefficient (Wildman–Crippen LogP) is 3.21. The van der Waals surface area contributed by atoms with Crippen molar-refractivity contribution < 1.29 is 37.0 Å². The van der Waals surface area contributed by atoms with Crippen molar-refractivity contribution in [2.24, 2.45) is 0 Å². The zero-order valence-corrected chi connectivity index (χ0v) is 11.7. The molecule has 1 N–H and O–H groups in total. The van der Waals surface area contributed by atoms with Gasteiger partial charge in [-0.2, -0.15) is 0 Å². The summed E-state index contributed by atoms with van der Waals surface area (Å²) in [5.41, 5.74) is -2.19. The maximum atomic E-state index is 13.6. The highest BCUT2D eigenvalue weighted by Crippen LogP contribution is 2.23. The smallest absolute Gasteiger partial charge is 0.343 e. The average Bonchev–Trinajstić information content (AvgIpc) is 2.47. The number of aliphatic carboxylic acids is 1. The number of allylic oxidation sites excluding steroid dienone is 1. The number of carboxylic acids is 1. The van der Waals surface area contributed by atoms with Crippen molar-refractivity contribution in [2.75, 3.05) is 6.61 Å². The van der Waals surface area contributed by atoms with Crippen LogP contribution in [0.2, 0.25) is 0 Å². The van der Waals surface area contributed by atoms with Crippen molar-refractivity contribution in [1.82, 2.24) is 0 Å². The fourth-order valence-electron chi connectivity index (χ4n) is 1.74. The lowest BCUT2D eigenvalue weighted by molar-refractivity contribution is -0.132. The molecule has 0 aliphatic carbocycles. The molecule has 120 valence electrons. The van der Waals surface area contributed by atoms with E-state index < -0.39 is 46.2 Å². The van der Waals surface area contributed by atoms with E-state index in [-0.39, 0.29) is 24.9 Å². The number of carbonyl (C=O) groups is 2. The Kier molecular flexibility index (Phi) is 5.67. The molecule has 0 amide bonds. The van der Waals surface area contributed by atoms with Gasteiger partial charge in [-0.15, -0.1) is 0 Å². The first-order valence-electron chi connectivity index (χ1n) is 6.23. The summed E-state index contributed by atoms with van der Waals surface area (Å²) in [6.07, 6.45) is -0.0189. The molecule has 0 aliphatic heterocycles. The number of hydrogen-bond acceptors (Lipinski definition) is 3. The van der Waals surface area contributed by atoms with E-state index in [9.17, 15) is 27.2 Å². The third-order valence-electron chi connectivity index (χ3n) is 2.71. The zero-order valence-electron chi connectivity index (χ0n) is 11.7. The van der Waals surface area contributed by atoms with Crippen molar-refractivity contribution in [1.29, 1.82) is 0 Å². The Morgan fingerprint density at radius 2 is 1.68 bits per heavy atom. The van der Waals surface area contributed by atoms with Crippen LogP contribution in [0.4, 0.5) is 17.6 Å². The minimum atomic E-state index is -2.19. The van der Waals surface area contributed by atoms with Crippen molar-refractivity contribution >= 4 is 11.8 Å².